The van der Waals surface area contributed by atoms with Crippen molar-refractivity contribution in [3.63, 3.8) is 0 Å². The van der Waals surface area contributed by atoms with Crippen molar-refractivity contribution in [3.05, 3.63) is 88.7 Å². The summed E-state index contributed by atoms with van der Waals surface area (Å²) < 4.78 is 13.8. The van der Waals surface area contributed by atoms with Crippen molar-refractivity contribution in [3.8, 4) is 11.5 Å². The van der Waals surface area contributed by atoms with Crippen molar-refractivity contribution in [1.82, 2.24) is 15.2 Å². The fraction of sp³-hybridized carbons (Fsp3) is 0.125. The number of hydrogen-bond acceptors (Lipinski definition) is 5. The predicted molar refractivity (Wildman–Crippen MR) is 127 cm³/mol. The highest BCUT2D eigenvalue weighted by molar-refractivity contribution is 9.10. The zero-order chi connectivity index (χ0) is 22.3. The molecule has 0 bridgehead atoms. The maximum absolute atomic E-state index is 12.0. The van der Waals surface area contributed by atoms with Crippen LogP contribution in [0, 0.1) is 0 Å². The molecule has 0 fully saturated rings. The first-order valence-corrected chi connectivity index (χ1v) is 10.7. The lowest BCUT2D eigenvalue weighted by Gasteiger charge is -2.12. The van der Waals surface area contributed by atoms with Gasteiger partial charge in [0.05, 0.1) is 24.0 Å². The van der Waals surface area contributed by atoms with Crippen molar-refractivity contribution in [2.75, 3.05) is 7.11 Å². The summed E-state index contributed by atoms with van der Waals surface area (Å²) in [5.74, 6) is 0.937. The first-order valence-electron chi connectivity index (χ1n) is 9.90. The number of rotatable bonds is 8. The van der Waals surface area contributed by atoms with Crippen LogP contribution in [0.15, 0.2) is 82.6 Å². The molecule has 1 amide bonds. The number of fused-ring (bicyclic) bond motifs is 1. The van der Waals surface area contributed by atoms with E-state index in [-0.39, 0.29) is 12.5 Å². The van der Waals surface area contributed by atoms with E-state index in [0.717, 1.165) is 21.0 Å². The minimum absolute atomic E-state index is 0.0766. The quantitative estimate of drug-likeness (QED) is 0.289. The van der Waals surface area contributed by atoms with Crippen molar-refractivity contribution in [2.24, 2.45) is 5.10 Å². The van der Waals surface area contributed by atoms with Gasteiger partial charge in [0.1, 0.15) is 13.2 Å². The van der Waals surface area contributed by atoms with E-state index in [1.165, 1.54) is 10.1 Å². The predicted octanol–water partition coefficient (Wildman–Crippen LogP) is 4.54. The third-order valence-corrected chi connectivity index (χ3v) is 5.17. The van der Waals surface area contributed by atoms with Crippen molar-refractivity contribution >= 4 is 38.8 Å². The van der Waals surface area contributed by atoms with E-state index in [2.05, 4.69) is 55.8 Å². The van der Waals surface area contributed by atoms with Gasteiger partial charge in [0.2, 0.25) is 0 Å². The number of amides is 1. The Kier molecular flexibility index (Phi) is 6.81. The van der Waals surface area contributed by atoms with Crippen LogP contribution in [0.25, 0.3) is 10.8 Å². The van der Waals surface area contributed by atoms with Crippen LogP contribution in [-0.2, 0) is 17.9 Å². The molecular weight excluding hydrogens is 472 g/mol. The normalized spacial score (nSPS) is 11.1. The molecule has 7 nitrogen and oxygen atoms in total. The molecule has 0 unspecified atom stereocenters. The standard InChI is InChI=1S/C24H21BrN4O3/c1-31-23-11-17(12-26-28-24(30)15-29-14-20(25)13-27-29)9-10-22(23)32-16-19-7-4-6-18-5-2-3-8-21(18)19/h2-14H,15-16H2,1H3,(H,28,30)/b26-12+. The molecule has 0 saturated carbocycles. The largest absolute Gasteiger partial charge is 0.493 e. The summed E-state index contributed by atoms with van der Waals surface area (Å²) in [7, 11) is 1.59. The topological polar surface area (TPSA) is 77.7 Å². The molecular formula is C24H21BrN4O3. The van der Waals surface area contributed by atoms with Crippen molar-refractivity contribution in [2.45, 2.75) is 13.2 Å². The molecule has 1 heterocycles. The number of nitrogens with one attached hydrogen (secondary N) is 1. The van der Waals surface area contributed by atoms with Crippen LogP contribution in [-0.4, -0.2) is 29.0 Å². The van der Waals surface area contributed by atoms with Gasteiger partial charge < -0.3 is 9.47 Å². The van der Waals surface area contributed by atoms with E-state index in [1.54, 1.807) is 31.8 Å². The maximum atomic E-state index is 12.0. The molecule has 3 aromatic carbocycles. The number of hydrazone groups is 1. The number of halogens is 1. The van der Waals surface area contributed by atoms with Gasteiger partial charge in [-0.25, -0.2) is 5.43 Å². The number of carbonyl (C=O) groups is 1. The van der Waals surface area contributed by atoms with Gasteiger partial charge in [-0.1, -0.05) is 42.5 Å². The minimum atomic E-state index is -0.279. The van der Waals surface area contributed by atoms with E-state index < -0.39 is 0 Å². The summed E-state index contributed by atoms with van der Waals surface area (Å²) in [5.41, 5.74) is 4.35. The van der Waals surface area contributed by atoms with Crippen LogP contribution in [0.4, 0.5) is 0 Å². The third kappa shape index (κ3) is 5.33. The van der Waals surface area contributed by atoms with Gasteiger partial charge >= 0.3 is 0 Å². The lowest BCUT2D eigenvalue weighted by molar-refractivity contribution is -0.121. The molecule has 0 aliphatic heterocycles. The number of hydrogen-bond donors (Lipinski definition) is 1. The number of benzene rings is 3. The van der Waals surface area contributed by atoms with Crippen LogP contribution < -0.4 is 14.9 Å². The van der Waals surface area contributed by atoms with Crippen LogP contribution in [0.1, 0.15) is 11.1 Å². The number of carbonyl (C=O) groups excluding carboxylic acids is 1. The Morgan fingerprint density at radius 3 is 2.81 bits per heavy atom. The zero-order valence-electron chi connectivity index (χ0n) is 17.4. The molecule has 1 N–H and O–H groups in total. The molecule has 1 aromatic heterocycles. The lowest BCUT2D eigenvalue weighted by Crippen LogP contribution is -2.23. The Bertz CT molecular complexity index is 1260. The summed E-state index contributed by atoms with van der Waals surface area (Å²) in [6.07, 6.45) is 4.88. The fourth-order valence-electron chi connectivity index (χ4n) is 3.24. The second-order valence-corrected chi connectivity index (χ2v) is 7.90. The van der Waals surface area contributed by atoms with Crippen molar-refractivity contribution < 1.29 is 14.3 Å². The molecule has 32 heavy (non-hydrogen) atoms. The van der Waals surface area contributed by atoms with Gasteiger partial charge in [-0.2, -0.15) is 10.2 Å². The van der Waals surface area contributed by atoms with Gasteiger partial charge in [-0.3, -0.25) is 9.48 Å². The molecule has 4 rings (SSSR count). The molecule has 0 aliphatic carbocycles. The molecule has 4 aromatic rings. The number of nitrogens with zero attached hydrogens (tertiary/aromatic N) is 3. The lowest BCUT2D eigenvalue weighted by atomic mass is 10.1. The average Bonchev–Trinajstić information content (AvgIpc) is 3.22. The Morgan fingerprint density at radius 2 is 2.00 bits per heavy atom. The van der Waals surface area contributed by atoms with Crippen molar-refractivity contribution in [1.29, 1.82) is 0 Å². The monoisotopic (exact) mass is 492 g/mol. The number of methoxy groups -OCH3 is 1. The summed E-state index contributed by atoms with van der Waals surface area (Å²) in [4.78, 5) is 12.0. The second kappa shape index (κ2) is 10.1. The summed E-state index contributed by atoms with van der Waals surface area (Å²) in [6, 6.07) is 19.9. The molecule has 0 saturated heterocycles. The first kappa shape index (κ1) is 21.6. The van der Waals surface area contributed by atoms with Gasteiger partial charge in [0.25, 0.3) is 5.91 Å². The smallest absolute Gasteiger partial charge is 0.261 e. The Morgan fingerprint density at radius 1 is 1.16 bits per heavy atom. The Balaban J connectivity index is 1.39. The molecule has 0 spiro atoms. The summed E-state index contributed by atoms with van der Waals surface area (Å²) in [6.45, 7) is 0.498. The highest BCUT2D eigenvalue weighted by atomic mass is 79.9. The molecule has 0 radical (unpaired) electrons. The molecule has 0 atom stereocenters. The highest BCUT2D eigenvalue weighted by Crippen LogP contribution is 2.29. The first-order chi connectivity index (χ1) is 15.6. The molecule has 8 heteroatoms. The highest BCUT2D eigenvalue weighted by Gasteiger charge is 2.08. The minimum Gasteiger partial charge on any atom is -0.493 e. The van der Waals surface area contributed by atoms with E-state index in [1.807, 2.05) is 30.3 Å². The number of ether oxygens (including phenoxy) is 2. The number of aromatic nitrogens is 2. The van der Waals surface area contributed by atoms with E-state index in [9.17, 15) is 4.79 Å². The fourth-order valence-corrected chi connectivity index (χ4v) is 3.57. The van der Waals surface area contributed by atoms with Gasteiger partial charge in [0.15, 0.2) is 11.5 Å². The molecule has 162 valence electrons. The van der Waals surface area contributed by atoms with Gasteiger partial charge in [-0.05, 0) is 56.0 Å². The molecule has 0 aliphatic rings. The van der Waals surface area contributed by atoms with Gasteiger partial charge in [-0.15, -0.1) is 0 Å². The zero-order valence-corrected chi connectivity index (χ0v) is 19.0. The van der Waals surface area contributed by atoms with Crippen LogP contribution in [0.2, 0.25) is 0 Å². The van der Waals surface area contributed by atoms with Crippen LogP contribution >= 0.6 is 15.9 Å². The van der Waals surface area contributed by atoms with Gasteiger partial charge in [0, 0.05) is 6.20 Å². The van der Waals surface area contributed by atoms with E-state index in [4.69, 9.17) is 9.47 Å². The SMILES string of the molecule is COc1cc(/C=N/NC(=O)Cn2cc(Br)cn2)ccc1OCc1cccc2ccccc12. The Labute approximate surface area is 193 Å². The second-order valence-electron chi connectivity index (χ2n) is 6.99. The third-order valence-electron chi connectivity index (χ3n) is 4.76. The summed E-state index contributed by atoms with van der Waals surface area (Å²) in [5, 5.41) is 10.4. The van der Waals surface area contributed by atoms with Crippen LogP contribution in [0.5, 0.6) is 11.5 Å². The Hall–Kier alpha value is -3.65. The summed E-state index contributed by atoms with van der Waals surface area (Å²) >= 11 is 3.29. The van der Waals surface area contributed by atoms with Crippen LogP contribution in [0.3, 0.4) is 0 Å². The average molecular weight is 493 g/mol. The van der Waals surface area contributed by atoms with E-state index in [0.29, 0.717) is 18.1 Å². The maximum Gasteiger partial charge on any atom is 0.261 e. The van der Waals surface area contributed by atoms with E-state index >= 15 is 0 Å².